The van der Waals surface area contributed by atoms with Crippen LogP contribution in [-0.2, 0) is 7.05 Å². The first kappa shape index (κ1) is 18.6. The molecule has 1 N–H and O–H groups in total. The first-order valence-corrected chi connectivity index (χ1v) is 9.48. The zero-order valence-electron chi connectivity index (χ0n) is 16.9. The van der Waals surface area contributed by atoms with E-state index in [2.05, 4.69) is 47.8 Å². The van der Waals surface area contributed by atoms with Crippen LogP contribution < -0.4 is 11.2 Å². The highest BCUT2D eigenvalue weighted by molar-refractivity contribution is 5.78. The summed E-state index contributed by atoms with van der Waals surface area (Å²) in [5.74, 6) is 1.26. The summed E-state index contributed by atoms with van der Waals surface area (Å²) in [4.78, 5) is 35.0. The Labute approximate surface area is 162 Å². The molecule has 0 unspecified atom stereocenters. The van der Waals surface area contributed by atoms with Crippen LogP contribution in [0.4, 0.5) is 0 Å². The van der Waals surface area contributed by atoms with Crippen molar-refractivity contribution in [2.75, 3.05) is 0 Å². The minimum absolute atomic E-state index is 0.218. The number of hydrogen-bond acceptors (Lipinski definition) is 6. The van der Waals surface area contributed by atoms with Crippen LogP contribution in [0.2, 0.25) is 0 Å². The Morgan fingerprint density at radius 2 is 1.86 bits per heavy atom. The number of hydrogen-bond donors (Lipinski definition) is 1. The van der Waals surface area contributed by atoms with Gasteiger partial charge in [-0.1, -0.05) is 32.9 Å². The van der Waals surface area contributed by atoms with E-state index in [4.69, 9.17) is 4.52 Å². The van der Waals surface area contributed by atoms with Crippen LogP contribution in [0.25, 0.3) is 22.5 Å². The van der Waals surface area contributed by atoms with Crippen molar-refractivity contribution in [3.05, 3.63) is 38.9 Å². The maximum atomic E-state index is 12.2. The molecule has 3 aromatic rings. The molecule has 3 aromatic heterocycles. The maximum Gasteiger partial charge on any atom is 0.329 e. The minimum atomic E-state index is -0.500. The zero-order chi connectivity index (χ0) is 20.3. The second kappa shape index (κ2) is 6.12. The van der Waals surface area contributed by atoms with Crippen LogP contribution in [0.1, 0.15) is 58.7 Å². The van der Waals surface area contributed by atoms with Crippen molar-refractivity contribution >= 4 is 11.0 Å². The molecule has 0 aromatic carbocycles. The smallest absolute Gasteiger partial charge is 0.329 e. The molecule has 4 rings (SSSR count). The van der Waals surface area contributed by atoms with Gasteiger partial charge in [0.05, 0.1) is 10.9 Å². The van der Waals surface area contributed by atoms with Crippen molar-refractivity contribution in [1.29, 1.82) is 0 Å². The predicted molar refractivity (Wildman–Crippen MR) is 105 cm³/mol. The Hall–Kier alpha value is -2.77. The standard InChI is InChI=1S/C20H25N5O3/c1-19(2)7-12(8-20(3,4)10-19)14-22-17(28-24-14)11-6-13-15(21-9-11)25(5)18(27)23-16(13)26/h6,9,12H,7-8,10H2,1-5H3,(H,23,26,27). The molecule has 0 bridgehead atoms. The fraction of sp³-hybridized carbons (Fsp3) is 0.550. The summed E-state index contributed by atoms with van der Waals surface area (Å²) in [6.07, 6.45) is 4.73. The Bertz CT molecular complexity index is 1150. The van der Waals surface area contributed by atoms with Crippen molar-refractivity contribution in [3.63, 3.8) is 0 Å². The number of fused-ring (bicyclic) bond motifs is 1. The third-order valence-corrected chi connectivity index (χ3v) is 5.56. The van der Waals surface area contributed by atoms with Gasteiger partial charge in [-0.05, 0) is 36.2 Å². The molecular weight excluding hydrogens is 358 g/mol. The molecule has 8 heteroatoms. The van der Waals surface area contributed by atoms with Crippen LogP contribution in [0.5, 0.6) is 0 Å². The average Bonchev–Trinajstić information content (AvgIpc) is 3.07. The highest BCUT2D eigenvalue weighted by Gasteiger charge is 2.40. The van der Waals surface area contributed by atoms with Crippen molar-refractivity contribution < 1.29 is 4.52 Å². The van der Waals surface area contributed by atoms with Gasteiger partial charge in [0.15, 0.2) is 5.82 Å². The molecule has 3 heterocycles. The summed E-state index contributed by atoms with van der Waals surface area (Å²) < 4.78 is 6.80. The topological polar surface area (TPSA) is 107 Å². The average molecular weight is 383 g/mol. The van der Waals surface area contributed by atoms with Crippen molar-refractivity contribution in [1.82, 2.24) is 24.7 Å². The summed E-state index contributed by atoms with van der Waals surface area (Å²) in [6, 6.07) is 1.63. The molecule has 1 aliphatic carbocycles. The monoisotopic (exact) mass is 383 g/mol. The number of aryl methyl sites for hydroxylation is 1. The van der Waals surface area contributed by atoms with Gasteiger partial charge in [0.25, 0.3) is 11.4 Å². The normalized spacial score (nSPS) is 19.2. The van der Waals surface area contributed by atoms with Crippen LogP contribution in [0.3, 0.4) is 0 Å². The van der Waals surface area contributed by atoms with E-state index >= 15 is 0 Å². The van der Waals surface area contributed by atoms with Crippen molar-refractivity contribution in [3.8, 4) is 11.5 Å². The van der Waals surface area contributed by atoms with Gasteiger partial charge in [0.2, 0.25) is 0 Å². The quantitative estimate of drug-likeness (QED) is 0.729. The lowest BCUT2D eigenvalue weighted by Crippen LogP contribution is -2.33. The number of nitrogens with one attached hydrogen (secondary N) is 1. The second-order valence-corrected chi connectivity index (χ2v) is 9.48. The van der Waals surface area contributed by atoms with E-state index < -0.39 is 11.2 Å². The van der Waals surface area contributed by atoms with Crippen molar-refractivity contribution in [2.24, 2.45) is 17.9 Å². The third-order valence-electron chi connectivity index (χ3n) is 5.56. The number of H-pyrrole nitrogens is 1. The lowest BCUT2D eigenvalue weighted by atomic mass is 9.61. The van der Waals surface area contributed by atoms with Gasteiger partial charge >= 0.3 is 5.69 Å². The molecule has 0 saturated heterocycles. The summed E-state index contributed by atoms with van der Waals surface area (Å²) in [7, 11) is 1.56. The van der Waals surface area contributed by atoms with Gasteiger partial charge in [0, 0.05) is 19.2 Å². The van der Waals surface area contributed by atoms with E-state index in [-0.39, 0.29) is 16.7 Å². The fourth-order valence-corrected chi connectivity index (χ4v) is 4.90. The Kier molecular flexibility index (Phi) is 4.06. The number of rotatable bonds is 2. The van der Waals surface area contributed by atoms with Crippen LogP contribution in [0, 0.1) is 10.8 Å². The third kappa shape index (κ3) is 3.27. The van der Waals surface area contributed by atoms with E-state index in [0.717, 1.165) is 19.3 Å². The van der Waals surface area contributed by atoms with Crippen LogP contribution in [0.15, 0.2) is 26.4 Å². The van der Waals surface area contributed by atoms with E-state index in [1.165, 1.54) is 4.57 Å². The SMILES string of the molecule is Cn1c(=O)[nH]c(=O)c2cc(-c3nc(C4CC(C)(C)CC(C)(C)C4)no3)cnc21. The Morgan fingerprint density at radius 1 is 1.18 bits per heavy atom. The molecule has 0 radical (unpaired) electrons. The highest BCUT2D eigenvalue weighted by atomic mass is 16.5. The van der Waals surface area contributed by atoms with Crippen molar-refractivity contribution in [2.45, 2.75) is 52.9 Å². The van der Waals surface area contributed by atoms with E-state index in [1.807, 2.05) is 0 Å². The number of nitrogens with zero attached hydrogens (tertiary/aromatic N) is 4. The molecule has 8 nitrogen and oxygen atoms in total. The summed E-state index contributed by atoms with van der Waals surface area (Å²) in [5.41, 5.74) is 0.326. The second-order valence-electron chi connectivity index (χ2n) is 9.48. The fourth-order valence-electron chi connectivity index (χ4n) is 4.90. The first-order valence-electron chi connectivity index (χ1n) is 9.48. The highest BCUT2D eigenvalue weighted by Crippen LogP contribution is 2.51. The molecule has 148 valence electrons. The molecule has 0 spiro atoms. The number of aromatic nitrogens is 5. The van der Waals surface area contributed by atoms with Crippen LogP contribution >= 0.6 is 0 Å². The molecule has 28 heavy (non-hydrogen) atoms. The largest absolute Gasteiger partial charge is 0.334 e. The molecule has 1 fully saturated rings. The van der Waals surface area contributed by atoms with Gasteiger partial charge in [-0.15, -0.1) is 0 Å². The maximum absolute atomic E-state index is 12.2. The minimum Gasteiger partial charge on any atom is -0.334 e. The molecule has 0 amide bonds. The Balaban J connectivity index is 1.72. The zero-order valence-corrected chi connectivity index (χ0v) is 16.9. The molecule has 1 aliphatic rings. The summed E-state index contributed by atoms with van der Waals surface area (Å²) >= 11 is 0. The molecule has 0 atom stereocenters. The molecule has 1 saturated carbocycles. The van der Waals surface area contributed by atoms with E-state index in [9.17, 15) is 9.59 Å². The van der Waals surface area contributed by atoms with Gasteiger partial charge < -0.3 is 4.52 Å². The Morgan fingerprint density at radius 3 is 2.54 bits per heavy atom. The summed E-state index contributed by atoms with van der Waals surface area (Å²) in [6.45, 7) is 9.13. The number of pyridine rings is 1. The van der Waals surface area contributed by atoms with Gasteiger partial charge in [-0.2, -0.15) is 4.98 Å². The first-order chi connectivity index (χ1) is 13.0. The summed E-state index contributed by atoms with van der Waals surface area (Å²) in [5, 5.41) is 4.53. The van der Waals surface area contributed by atoms with Gasteiger partial charge in [-0.3, -0.25) is 14.3 Å². The molecule has 0 aliphatic heterocycles. The van der Waals surface area contributed by atoms with Crippen LogP contribution in [-0.4, -0.2) is 24.7 Å². The van der Waals surface area contributed by atoms with Gasteiger partial charge in [0.1, 0.15) is 5.65 Å². The number of aromatic amines is 1. The lowest BCUT2D eigenvalue weighted by Gasteiger charge is -2.44. The van der Waals surface area contributed by atoms with E-state index in [1.54, 1.807) is 19.3 Å². The molecular formula is C20H25N5O3. The van der Waals surface area contributed by atoms with Gasteiger partial charge in [-0.25, -0.2) is 9.78 Å². The lowest BCUT2D eigenvalue weighted by molar-refractivity contribution is 0.0932. The predicted octanol–water partition coefficient (Wildman–Crippen LogP) is 2.99. The van der Waals surface area contributed by atoms with E-state index in [0.29, 0.717) is 28.3 Å².